The van der Waals surface area contributed by atoms with Gasteiger partial charge < -0.3 is 4.52 Å². The topological polar surface area (TPSA) is 76.3 Å². The van der Waals surface area contributed by atoms with E-state index in [2.05, 4.69) is 10.1 Å². The lowest BCUT2D eigenvalue weighted by Crippen LogP contribution is -2.39. The van der Waals surface area contributed by atoms with E-state index >= 15 is 0 Å². The summed E-state index contributed by atoms with van der Waals surface area (Å²) in [6.45, 7) is 4.56. The average molecular weight is 432 g/mol. The van der Waals surface area contributed by atoms with Crippen LogP contribution in [-0.4, -0.2) is 36.0 Å². The Bertz CT molecular complexity index is 1130. The number of piperidine rings is 1. The second-order valence-electron chi connectivity index (χ2n) is 7.43. The Labute approximate surface area is 175 Å². The van der Waals surface area contributed by atoms with Gasteiger partial charge in [-0.25, -0.2) is 8.42 Å². The van der Waals surface area contributed by atoms with Crippen LogP contribution in [0.5, 0.6) is 0 Å². The van der Waals surface area contributed by atoms with Crippen molar-refractivity contribution in [2.75, 3.05) is 13.1 Å². The number of benzene rings is 2. The lowest BCUT2D eigenvalue weighted by atomic mass is 10.00. The number of halogens is 1. The van der Waals surface area contributed by atoms with Gasteiger partial charge in [0.2, 0.25) is 21.7 Å². The Kier molecular flexibility index (Phi) is 5.46. The first-order valence-electron chi connectivity index (χ1n) is 9.51. The third kappa shape index (κ3) is 4.08. The zero-order valence-corrected chi connectivity index (χ0v) is 17.9. The highest BCUT2D eigenvalue weighted by molar-refractivity contribution is 7.89. The molecule has 0 amide bonds. The van der Waals surface area contributed by atoms with Crippen molar-refractivity contribution >= 4 is 21.6 Å². The van der Waals surface area contributed by atoms with Crippen molar-refractivity contribution in [3.8, 4) is 11.4 Å². The molecule has 0 N–H and O–H groups in total. The molecule has 0 radical (unpaired) electrons. The van der Waals surface area contributed by atoms with Crippen molar-refractivity contribution in [1.29, 1.82) is 0 Å². The number of aromatic nitrogens is 2. The smallest absolute Gasteiger partial charge is 0.243 e. The van der Waals surface area contributed by atoms with Crippen LogP contribution in [0.1, 0.15) is 35.8 Å². The Morgan fingerprint density at radius 3 is 2.66 bits per heavy atom. The number of rotatable bonds is 4. The quantitative estimate of drug-likeness (QED) is 0.604. The number of hydrogen-bond acceptors (Lipinski definition) is 5. The highest BCUT2D eigenvalue weighted by Crippen LogP contribution is 2.32. The summed E-state index contributed by atoms with van der Waals surface area (Å²) >= 11 is 6.04. The molecule has 2 heterocycles. The minimum Gasteiger partial charge on any atom is -0.339 e. The summed E-state index contributed by atoms with van der Waals surface area (Å²) in [6.07, 6.45) is 1.53. The normalized spacial score (nSPS) is 18.1. The fraction of sp³-hybridized carbons (Fsp3) is 0.333. The van der Waals surface area contributed by atoms with Gasteiger partial charge in [0.25, 0.3) is 0 Å². The van der Waals surface area contributed by atoms with E-state index in [4.69, 9.17) is 16.1 Å². The van der Waals surface area contributed by atoms with E-state index in [0.717, 1.165) is 24.0 Å². The molecule has 0 spiro atoms. The predicted molar refractivity (Wildman–Crippen MR) is 111 cm³/mol. The number of sulfonamides is 1. The Hall–Kier alpha value is -2.22. The molecule has 4 rings (SSSR count). The molecular formula is C21H22ClN3O3S. The molecule has 0 aliphatic carbocycles. The zero-order chi connectivity index (χ0) is 20.6. The van der Waals surface area contributed by atoms with Crippen LogP contribution >= 0.6 is 11.6 Å². The lowest BCUT2D eigenvalue weighted by Gasteiger charge is -2.30. The van der Waals surface area contributed by atoms with Gasteiger partial charge in [0.1, 0.15) is 0 Å². The first-order chi connectivity index (χ1) is 13.8. The number of aryl methyl sites for hydroxylation is 2. The maximum atomic E-state index is 13.2. The van der Waals surface area contributed by atoms with Crippen LogP contribution in [0.2, 0.25) is 5.02 Å². The van der Waals surface area contributed by atoms with E-state index in [1.165, 1.54) is 10.4 Å². The first kappa shape index (κ1) is 20.1. The molecule has 6 nitrogen and oxygen atoms in total. The Morgan fingerprint density at radius 2 is 1.90 bits per heavy atom. The highest BCUT2D eigenvalue weighted by Gasteiger charge is 2.34. The molecule has 1 saturated heterocycles. The van der Waals surface area contributed by atoms with Gasteiger partial charge in [0.15, 0.2) is 0 Å². The average Bonchev–Trinajstić information content (AvgIpc) is 3.20. The van der Waals surface area contributed by atoms with Crippen LogP contribution in [0, 0.1) is 13.8 Å². The summed E-state index contributed by atoms with van der Waals surface area (Å²) in [5, 5.41) is 4.50. The zero-order valence-electron chi connectivity index (χ0n) is 16.3. The SMILES string of the molecule is Cc1ccc(-c2noc([C@H]3CCCN(S(=O)(=O)c4cc(Cl)ccc4C)C3)n2)cc1. The highest BCUT2D eigenvalue weighted by atomic mass is 35.5. The third-order valence-corrected chi connectivity index (χ3v) is 7.50. The third-order valence-electron chi connectivity index (χ3n) is 5.25. The number of nitrogens with zero attached hydrogens (tertiary/aromatic N) is 3. The summed E-state index contributed by atoms with van der Waals surface area (Å²) in [5.74, 6) is 0.860. The van der Waals surface area contributed by atoms with Crippen LogP contribution in [0.15, 0.2) is 51.9 Å². The molecule has 1 atom stereocenters. The molecule has 3 aromatic rings. The van der Waals surface area contributed by atoms with Gasteiger partial charge >= 0.3 is 0 Å². The van der Waals surface area contributed by atoms with Crippen LogP contribution in [0.3, 0.4) is 0 Å². The Morgan fingerprint density at radius 1 is 1.14 bits per heavy atom. The second kappa shape index (κ2) is 7.89. The van der Waals surface area contributed by atoms with Gasteiger partial charge in [-0.15, -0.1) is 0 Å². The van der Waals surface area contributed by atoms with Crippen molar-refractivity contribution in [3.63, 3.8) is 0 Å². The van der Waals surface area contributed by atoms with Gasteiger partial charge in [-0.1, -0.05) is 52.7 Å². The summed E-state index contributed by atoms with van der Waals surface area (Å²) in [5.41, 5.74) is 2.71. The Balaban J connectivity index is 1.57. The maximum Gasteiger partial charge on any atom is 0.243 e. The molecule has 8 heteroatoms. The molecule has 0 bridgehead atoms. The lowest BCUT2D eigenvalue weighted by molar-refractivity contribution is 0.265. The van der Waals surface area contributed by atoms with Crippen molar-refractivity contribution in [2.24, 2.45) is 0 Å². The standard InChI is InChI=1S/C21H22ClN3O3S/c1-14-5-8-16(9-6-14)20-23-21(28-24-20)17-4-3-11-25(13-17)29(26,27)19-12-18(22)10-7-15(19)2/h5-10,12,17H,3-4,11,13H2,1-2H3/t17-/m0/s1. The van der Waals surface area contributed by atoms with Crippen molar-refractivity contribution in [1.82, 2.24) is 14.4 Å². The van der Waals surface area contributed by atoms with Crippen molar-refractivity contribution < 1.29 is 12.9 Å². The minimum absolute atomic E-state index is 0.135. The van der Waals surface area contributed by atoms with E-state index in [9.17, 15) is 8.42 Å². The fourth-order valence-corrected chi connectivity index (χ4v) is 5.59. The molecule has 152 valence electrons. The maximum absolute atomic E-state index is 13.2. The van der Waals surface area contributed by atoms with E-state index in [-0.39, 0.29) is 10.8 Å². The summed E-state index contributed by atoms with van der Waals surface area (Å²) in [7, 11) is -3.65. The van der Waals surface area contributed by atoms with Gasteiger partial charge in [-0.05, 0) is 44.4 Å². The molecular weight excluding hydrogens is 410 g/mol. The van der Waals surface area contributed by atoms with Gasteiger partial charge in [0.05, 0.1) is 10.8 Å². The van der Waals surface area contributed by atoms with Gasteiger partial charge in [-0.2, -0.15) is 9.29 Å². The molecule has 1 aromatic heterocycles. The largest absolute Gasteiger partial charge is 0.339 e. The summed E-state index contributed by atoms with van der Waals surface area (Å²) in [4.78, 5) is 4.78. The molecule has 29 heavy (non-hydrogen) atoms. The fourth-order valence-electron chi connectivity index (χ4n) is 3.57. The van der Waals surface area contributed by atoms with Crippen LogP contribution in [0.4, 0.5) is 0 Å². The summed E-state index contributed by atoms with van der Waals surface area (Å²) < 4.78 is 33.4. The minimum atomic E-state index is -3.65. The second-order valence-corrected chi connectivity index (χ2v) is 9.78. The molecule has 0 unspecified atom stereocenters. The van der Waals surface area contributed by atoms with E-state index in [0.29, 0.717) is 35.4 Å². The molecule has 2 aromatic carbocycles. The molecule has 1 aliphatic rings. The van der Waals surface area contributed by atoms with Crippen molar-refractivity contribution in [3.05, 3.63) is 64.5 Å². The molecule has 0 saturated carbocycles. The van der Waals surface area contributed by atoms with Crippen LogP contribution in [0.25, 0.3) is 11.4 Å². The summed E-state index contributed by atoms with van der Waals surface area (Å²) in [6, 6.07) is 12.8. The molecule has 1 fully saturated rings. The number of hydrogen-bond donors (Lipinski definition) is 0. The van der Waals surface area contributed by atoms with Gasteiger partial charge in [0, 0.05) is 23.7 Å². The predicted octanol–water partition coefficient (Wildman–Crippen LogP) is 4.58. The van der Waals surface area contributed by atoms with E-state index in [1.807, 2.05) is 31.2 Å². The van der Waals surface area contributed by atoms with E-state index < -0.39 is 10.0 Å². The van der Waals surface area contributed by atoms with E-state index in [1.54, 1.807) is 19.1 Å². The van der Waals surface area contributed by atoms with Gasteiger partial charge in [-0.3, -0.25) is 0 Å². The van der Waals surface area contributed by atoms with Crippen molar-refractivity contribution in [2.45, 2.75) is 37.5 Å². The van der Waals surface area contributed by atoms with Crippen LogP contribution in [-0.2, 0) is 10.0 Å². The van der Waals surface area contributed by atoms with Crippen LogP contribution < -0.4 is 0 Å². The monoisotopic (exact) mass is 431 g/mol. The first-order valence-corrected chi connectivity index (χ1v) is 11.3. The molecule has 1 aliphatic heterocycles.